The highest BCUT2D eigenvalue weighted by Crippen LogP contribution is 2.25. The van der Waals surface area contributed by atoms with Crippen LogP contribution < -0.4 is 10.1 Å². The molecule has 2 aromatic carbocycles. The Morgan fingerprint density at radius 2 is 1.84 bits per heavy atom. The number of ether oxygens (including phenoxy) is 1. The first-order chi connectivity index (χ1) is 15.5. The summed E-state index contributed by atoms with van der Waals surface area (Å²) in [6.07, 6.45) is 1.69. The topological polar surface area (TPSA) is 67.6 Å². The molecule has 0 bridgehead atoms. The molecule has 0 saturated carbocycles. The van der Waals surface area contributed by atoms with Gasteiger partial charge in [-0.25, -0.2) is 4.98 Å². The van der Waals surface area contributed by atoms with E-state index in [1.54, 1.807) is 7.11 Å². The SMILES string of the molecule is COc1ccc(CNC(=O)C2CCN(Cc3nc(-c4ccc(Cl)cc4)oc3C)CC2)cc1. The van der Waals surface area contributed by atoms with Crippen molar-refractivity contribution in [3.8, 4) is 17.2 Å². The van der Waals surface area contributed by atoms with Crippen LogP contribution in [0.1, 0.15) is 29.9 Å². The Balaban J connectivity index is 1.26. The lowest BCUT2D eigenvalue weighted by molar-refractivity contribution is -0.126. The van der Waals surface area contributed by atoms with Crippen LogP contribution in [0.15, 0.2) is 52.9 Å². The number of halogens is 1. The predicted octanol–water partition coefficient (Wildman–Crippen LogP) is 4.84. The third-order valence-electron chi connectivity index (χ3n) is 5.94. The van der Waals surface area contributed by atoms with Crippen LogP contribution in [-0.4, -0.2) is 36.0 Å². The summed E-state index contributed by atoms with van der Waals surface area (Å²) in [5.74, 6) is 2.43. The van der Waals surface area contributed by atoms with E-state index in [-0.39, 0.29) is 11.8 Å². The number of benzene rings is 2. The number of nitrogens with zero attached hydrogens (tertiary/aromatic N) is 2. The minimum Gasteiger partial charge on any atom is -0.497 e. The first-order valence-electron chi connectivity index (χ1n) is 10.9. The third kappa shape index (κ3) is 5.50. The lowest BCUT2D eigenvalue weighted by atomic mass is 9.95. The molecular formula is C25H28ClN3O3. The first-order valence-corrected chi connectivity index (χ1v) is 11.2. The van der Waals surface area contributed by atoms with Gasteiger partial charge in [-0.2, -0.15) is 0 Å². The van der Waals surface area contributed by atoms with Crippen LogP contribution in [0.2, 0.25) is 5.02 Å². The van der Waals surface area contributed by atoms with E-state index >= 15 is 0 Å². The van der Waals surface area contributed by atoms with Crippen LogP contribution in [0.5, 0.6) is 5.75 Å². The minimum atomic E-state index is 0.0486. The highest BCUT2D eigenvalue weighted by molar-refractivity contribution is 6.30. The second-order valence-electron chi connectivity index (χ2n) is 8.15. The number of carbonyl (C=O) groups excluding carboxylic acids is 1. The molecule has 6 nitrogen and oxygen atoms in total. The van der Waals surface area contributed by atoms with Gasteiger partial charge < -0.3 is 14.5 Å². The molecule has 168 valence electrons. The maximum absolute atomic E-state index is 12.6. The quantitative estimate of drug-likeness (QED) is 0.554. The Hall–Kier alpha value is -2.83. The Morgan fingerprint density at radius 1 is 1.16 bits per heavy atom. The molecule has 1 saturated heterocycles. The molecule has 1 aromatic heterocycles. The van der Waals surface area contributed by atoms with E-state index in [4.69, 9.17) is 25.7 Å². The Morgan fingerprint density at radius 3 is 2.50 bits per heavy atom. The number of piperidine rings is 1. The molecule has 1 aliphatic heterocycles. The molecule has 0 atom stereocenters. The molecule has 0 radical (unpaired) electrons. The van der Waals surface area contributed by atoms with E-state index in [0.717, 1.165) is 60.8 Å². The number of carbonyl (C=O) groups is 1. The molecule has 0 unspecified atom stereocenters. The summed E-state index contributed by atoms with van der Waals surface area (Å²) in [6, 6.07) is 15.2. The normalized spacial score (nSPS) is 15.0. The first kappa shape index (κ1) is 22.4. The Labute approximate surface area is 193 Å². The van der Waals surface area contributed by atoms with Gasteiger partial charge in [0.1, 0.15) is 11.5 Å². The number of amides is 1. The van der Waals surface area contributed by atoms with Gasteiger partial charge in [-0.1, -0.05) is 23.7 Å². The molecule has 0 aliphatic carbocycles. The second kappa shape index (κ2) is 10.2. The zero-order chi connectivity index (χ0) is 22.5. The number of rotatable bonds is 7. The number of nitrogens with one attached hydrogen (secondary N) is 1. The van der Waals surface area contributed by atoms with E-state index in [0.29, 0.717) is 17.5 Å². The fourth-order valence-corrected chi connectivity index (χ4v) is 4.06. The summed E-state index contributed by atoms with van der Waals surface area (Å²) in [4.78, 5) is 19.6. The van der Waals surface area contributed by atoms with E-state index in [1.807, 2.05) is 55.5 Å². The van der Waals surface area contributed by atoms with E-state index in [1.165, 1.54) is 0 Å². The van der Waals surface area contributed by atoms with Crippen molar-refractivity contribution in [2.45, 2.75) is 32.9 Å². The number of hydrogen-bond donors (Lipinski definition) is 1. The number of hydrogen-bond acceptors (Lipinski definition) is 5. The Kier molecular flexibility index (Phi) is 7.12. The largest absolute Gasteiger partial charge is 0.497 e. The van der Waals surface area contributed by atoms with Gasteiger partial charge in [0.2, 0.25) is 11.8 Å². The van der Waals surface area contributed by atoms with Gasteiger partial charge in [-0.3, -0.25) is 9.69 Å². The predicted molar refractivity (Wildman–Crippen MR) is 125 cm³/mol. The summed E-state index contributed by atoms with van der Waals surface area (Å²) >= 11 is 5.97. The van der Waals surface area contributed by atoms with Crippen molar-refractivity contribution in [1.82, 2.24) is 15.2 Å². The van der Waals surface area contributed by atoms with Crippen molar-refractivity contribution >= 4 is 17.5 Å². The standard InChI is InChI=1S/C25H28ClN3O3/c1-17-23(28-25(32-17)20-5-7-21(26)8-6-20)16-29-13-11-19(12-14-29)24(30)27-15-18-3-9-22(31-2)10-4-18/h3-10,19H,11-16H2,1-2H3,(H,27,30). The average Bonchev–Trinajstić information content (AvgIpc) is 3.18. The zero-order valence-corrected chi connectivity index (χ0v) is 19.2. The molecule has 3 aromatic rings. The molecule has 1 amide bonds. The van der Waals surface area contributed by atoms with Crippen LogP contribution in [0.3, 0.4) is 0 Å². The number of likely N-dealkylation sites (tertiary alicyclic amines) is 1. The lowest BCUT2D eigenvalue weighted by Gasteiger charge is -2.30. The number of oxazole rings is 1. The van der Waals surface area contributed by atoms with E-state index in [9.17, 15) is 4.79 Å². The molecule has 0 spiro atoms. The molecule has 1 aliphatic rings. The second-order valence-corrected chi connectivity index (χ2v) is 8.58. The minimum absolute atomic E-state index is 0.0486. The van der Waals surface area contributed by atoms with Crippen molar-refractivity contribution < 1.29 is 13.9 Å². The molecule has 4 rings (SSSR count). The highest BCUT2D eigenvalue weighted by Gasteiger charge is 2.26. The Bertz CT molecular complexity index is 1040. The fraction of sp³-hybridized carbons (Fsp3) is 0.360. The van der Waals surface area contributed by atoms with Crippen molar-refractivity contribution in [3.05, 3.63) is 70.6 Å². The molecule has 1 N–H and O–H groups in total. The average molecular weight is 454 g/mol. The number of aryl methyl sites for hydroxylation is 1. The van der Waals surface area contributed by atoms with Gasteiger partial charge in [0.15, 0.2) is 0 Å². The van der Waals surface area contributed by atoms with E-state index in [2.05, 4.69) is 10.2 Å². The highest BCUT2D eigenvalue weighted by atomic mass is 35.5. The summed E-state index contributed by atoms with van der Waals surface area (Å²) in [5, 5.41) is 3.76. The zero-order valence-electron chi connectivity index (χ0n) is 18.4. The van der Waals surface area contributed by atoms with Gasteiger partial charge in [-0.15, -0.1) is 0 Å². The summed E-state index contributed by atoms with van der Waals surface area (Å²) in [6.45, 7) is 4.94. The van der Waals surface area contributed by atoms with Crippen LogP contribution in [0.4, 0.5) is 0 Å². The van der Waals surface area contributed by atoms with Crippen LogP contribution >= 0.6 is 11.6 Å². The van der Waals surface area contributed by atoms with Gasteiger partial charge in [0.05, 0.1) is 12.8 Å². The molecule has 1 fully saturated rings. The van der Waals surface area contributed by atoms with Crippen LogP contribution in [0, 0.1) is 12.8 Å². The summed E-state index contributed by atoms with van der Waals surface area (Å²) < 4.78 is 11.0. The molecule has 7 heteroatoms. The van der Waals surface area contributed by atoms with Crippen LogP contribution in [-0.2, 0) is 17.9 Å². The van der Waals surface area contributed by atoms with Gasteiger partial charge in [-0.05, 0) is 74.8 Å². The third-order valence-corrected chi connectivity index (χ3v) is 6.19. The monoisotopic (exact) mass is 453 g/mol. The number of methoxy groups -OCH3 is 1. The van der Waals surface area contributed by atoms with Crippen LogP contribution in [0.25, 0.3) is 11.5 Å². The number of aromatic nitrogens is 1. The lowest BCUT2D eigenvalue weighted by Crippen LogP contribution is -2.40. The van der Waals surface area contributed by atoms with Crippen molar-refractivity contribution in [2.24, 2.45) is 5.92 Å². The van der Waals surface area contributed by atoms with E-state index < -0.39 is 0 Å². The smallest absolute Gasteiger partial charge is 0.226 e. The van der Waals surface area contributed by atoms with Crippen molar-refractivity contribution in [3.63, 3.8) is 0 Å². The maximum atomic E-state index is 12.6. The fourth-order valence-electron chi connectivity index (χ4n) is 3.93. The van der Waals surface area contributed by atoms with Gasteiger partial charge in [0.25, 0.3) is 0 Å². The summed E-state index contributed by atoms with van der Waals surface area (Å²) in [7, 11) is 1.64. The van der Waals surface area contributed by atoms with Gasteiger partial charge >= 0.3 is 0 Å². The van der Waals surface area contributed by atoms with Crippen molar-refractivity contribution in [1.29, 1.82) is 0 Å². The summed E-state index contributed by atoms with van der Waals surface area (Å²) in [5.41, 5.74) is 2.92. The molecular weight excluding hydrogens is 426 g/mol. The van der Waals surface area contributed by atoms with Gasteiger partial charge in [0, 0.05) is 29.6 Å². The van der Waals surface area contributed by atoms with Crippen molar-refractivity contribution in [2.75, 3.05) is 20.2 Å². The maximum Gasteiger partial charge on any atom is 0.226 e. The molecule has 2 heterocycles. The molecule has 32 heavy (non-hydrogen) atoms.